The largest absolute Gasteiger partial charge is 0.486 e. The third-order valence-corrected chi connectivity index (χ3v) is 6.14. The number of methoxy groups -OCH3 is 1. The molecule has 0 radical (unpaired) electrons. The molecule has 0 aliphatic heterocycles. The van der Waals surface area contributed by atoms with Crippen LogP contribution in [0.2, 0.25) is 0 Å². The van der Waals surface area contributed by atoms with Crippen molar-refractivity contribution >= 4 is 5.97 Å². The predicted octanol–water partition coefficient (Wildman–Crippen LogP) is 8.03. The number of halogens is 2. The SMILES string of the molecule is CC.CCCC(C)(C)Cc1cc(COc2cccc(CCC(=O)O)c2F)ccc1-c1cc(OC)ncc1F. The average Bonchev–Trinajstić information content (AvgIpc) is 2.89. The lowest BCUT2D eigenvalue weighted by molar-refractivity contribution is -0.136. The lowest BCUT2D eigenvalue weighted by Gasteiger charge is -2.26. The van der Waals surface area contributed by atoms with Crippen molar-refractivity contribution in [3.05, 3.63) is 77.0 Å². The van der Waals surface area contributed by atoms with E-state index in [0.29, 0.717) is 23.4 Å². The van der Waals surface area contributed by atoms with Crippen LogP contribution in [0.5, 0.6) is 11.6 Å². The summed E-state index contributed by atoms with van der Waals surface area (Å²) in [6.45, 7) is 10.6. The first kappa shape index (κ1) is 30.7. The maximum Gasteiger partial charge on any atom is 0.303 e. The first-order valence-corrected chi connectivity index (χ1v) is 13.1. The highest BCUT2D eigenvalue weighted by Crippen LogP contribution is 2.35. The molecule has 0 spiro atoms. The molecule has 0 bridgehead atoms. The second-order valence-corrected chi connectivity index (χ2v) is 9.70. The Morgan fingerprint density at radius 1 is 1.05 bits per heavy atom. The number of nitrogens with zero attached hydrogens (tertiary/aromatic N) is 1. The highest BCUT2D eigenvalue weighted by atomic mass is 19.1. The number of hydrogen-bond acceptors (Lipinski definition) is 4. The monoisotopic (exact) mass is 527 g/mol. The van der Waals surface area contributed by atoms with E-state index in [1.54, 1.807) is 18.2 Å². The van der Waals surface area contributed by atoms with Crippen molar-refractivity contribution in [2.45, 2.75) is 73.3 Å². The fourth-order valence-electron chi connectivity index (χ4n) is 4.43. The van der Waals surface area contributed by atoms with Crippen LogP contribution in [-0.2, 0) is 24.2 Å². The van der Waals surface area contributed by atoms with Gasteiger partial charge in [0.1, 0.15) is 12.4 Å². The average molecular weight is 528 g/mol. The summed E-state index contributed by atoms with van der Waals surface area (Å²) in [5, 5.41) is 8.89. The lowest BCUT2D eigenvalue weighted by Crippen LogP contribution is -2.15. The van der Waals surface area contributed by atoms with E-state index in [0.717, 1.165) is 35.7 Å². The molecule has 0 saturated carbocycles. The number of ether oxygens (including phenoxy) is 2. The van der Waals surface area contributed by atoms with Crippen molar-refractivity contribution in [1.82, 2.24) is 4.98 Å². The zero-order chi connectivity index (χ0) is 28.3. The van der Waals surface area contributed by atoms with Gasteiger partial charge in [-0.1, -0.05) is 71.4 Å². The molecule has 206 valence electrons. The number of carboxylic acid groups (broad SMARTS) is 1. The van der Waals surface area contributed by atoms with Gasteiger partial charge in [-0.05, 0) is 53.0 Å². The van der Waals surface area contributed by atoms with Crippen LogP contribution in [0, 0.1) is 17.0 Å². The molecule has 0 fully saturated rings. The molecule has 1 heterocycles. The second kappa shape index (κ2) is 14.5. The van der Waals surface area contributed by atoms with Crippen molar-refractivity contribution in [3.63, 3.8) is 0 Å². The van der Waals surface area contributed by atoms with Gasteiger partial charge in [0.15, 0.2) is 11.6 Å². The Hall–Kier alpha value is -3.48. The summed E-state index contributed by atoms with van der Waals surface area (Å²) in [6.07, 6.45) is 3.84. The van der Waals surface area contributed by atoms with Crippen LogP contribution in [-0.4, -0.2) is 23.2 Å². The summed E-state index contributed by atoms with van der Waals surface area (Å²) >= 11 is 0. The molecule has 7 heteroatoms. The molecule has 1 N–H and O–H groups in total. The van der Waals surface area contributed by atoms with E-state index in [1.807, 2.05) is 32.0 Å². The quantitative estimate of drug-likeness (QED) is 0.258. The van der Waals surface area contributed by atoms with Gasteiger partial charge in [0.2, 0.25) is 5.88 Å². The standard InChI is InChI=1S/C29H33F2NO4.C2H6/c1-5-13-29(2,3)16-21-14-19(9-11-22(21)23-15-26(35-4)32-17-24(23)30)18-36-25-8-6-7-20(28(25)31)10-12-27(33)34;1-2/h6-9,11,14-15,17H,5,10,12-13,16,18H2,1-4H3,(H,33,34);1-2H3. The summed E-state index contributed by atoms with van der Waals surface area (Å²) in [5.41, 5.74) is 3.22. The van der Waals surface area contributed by atoms with E-state index >= 15 is 0 Å². The van der Waals surface area contributed by atoms with E-state index in [9.17, 15) is 13.6 Å². The molecule has 3 aromatic rings. The molecule has 0 saturated heterocycles. The molecule has 3 rings (SSSR count). The second-order valence-electron chi connectivity index (χ2n) is 9.70. The third kappa shape index (κ3) is 8.54. The Morgan fingerprint density at radius 2 is 1.79 bits per heavy atom. The summed E-state index contributed by atoms with van der Waals surface area (Å²) in [7, 11) is 1.49. The number of pyridine rings is 1. The number of carboxylic acids is 1. The first-order chi connectivity index (χ1) is 18.1. The minimum atomic E-state index is -0.984. The number of aryl methyl sites for hydroxylation is 1. The Kier molecular flexibility index (Phi) is 11.7. The molecule has 0 unspecified atom stereocenters. The number of benzene rings is 2. The number of aliphatic carboxylic acids is 1. The summed E-state index contributed by atoms with van der Waals surface area (Å²) in [5.74, 6) is -1.57. The normalized spacial score (nSPS) is 10.9. The van der Waals surface area contributed by atoms with Gasteiger partial charge in [0, 0.05) is 18.1 Å². The minimum Gasteiger partial charge on any atom is -0.486 e. The fraction of sp³-hybridized carbons (Fsp3) is 0.419. The summed E-state index contributed by atoms with van der Waals surface area (Å²) in [6, 6.07) is 12.0. The molecule has 0 amide bonds. The van der Waals surface area contributed by atoms with Crippen molar-refractivity contribution in [2.24, 2.45) is 5.41 Å². The van der Waals surface area contributed by atoms with Gasteiger partial charge < -0.3 is 14.6 Å². The van der Waals surface area contributed by atoms with Gasteiger partial charge in [-0.15, -0.1) is 0 Å². The Morgan fingerprint density at radius 3 is 2.45 bits per heavy atom. The van der Waals surface area contributed by atoms with Crippen LogP contribution < -0.4 is 9.47 Å². The van der Waals surface area contributed by atoms with Crippen LogP contribution in [0.25, 0.3) is 11.1 Å². The van der Waals surface area contributed by atoms with Crippen molar-refractivity contribution < 1.29 is 28.2 Å². The molecule has 1 aromatic heterocycles. The fourth-order valence-corrected chi connectivity index (χ4v) is 4.43. The lowest BCUT2D eigenvalue weighted by atomic mass is 9.79. The first-order valence-electron chi connectivity index (χ1n) is 13.1. The molecule has 5 nitrogen and oxygen atoms in total. The number of hydrogen-bond donors (Lipinski definition) is 1. The van der Waals surface area contributed by atoms with Gasteiger partial charge in [-0.3, -0.25) is 4.79 Å². The molecule has 0 atom stereocenters. The zero-order valence-corrected chi connectivity index (χ0v) is 23.2. The molecular weight excluding hydrogens is 488 g/mol. The highest BCUT2D eigenvalue weighted by molar-refractivity contribution is 5.69. The zero-order valence-electron chi connectivity index (χ0n) is 23.2. The molecular formula is C31H39F2NO4. The molecule has 2 aromatic carbocycles. The smallest absolute Gasteiger partial charge is 0.303 e. The predicted molar refractivity (Wildman–Crippen MR) is 147 cm³/mol. The summed E-state index contributed by atoms with van der Waals surface area (Å²) < 4.78 is 40.6. The molecule has 0 aliphatic rings. The number of rotatable bonds is 12. The van der Waals surface area contributed by atoms with Crippen LogP contribution in [0.4, 0.5) is 8.78 Å². The number of aromatic nitrogens is 1. The molecule has 0 aliphatic carbocycles. The maximum atomic E-state index is 14.8. The minimum absolute atomic E-state index is 0.0127. The highest BCUT2D eigenvalue weighted by Gasteiger charge is 2.22. The molecule has 38 heavy (non-hydrogen) atoms. The van der Waals surface area contributed by atoms with Crippen LogP contribution in [0.1, 0.15) is 70.6 Å². The topological polar surface area (TPSA) is 68.7 Å². The van der Waals surface area contributed by atoms with Crippen molar-refractivity contribution in [3.8, 4) is 22.8 Å². The van der Waals surface area contributed by atoms with E-state index in [2.05, 4.69) is 25.8 Å². The van der Waals surface area contributed by atoms with Gasteiger partial charge in [-0.2, -0.15) is 0 Å². The summed E-state index contributed by atoms with van der Waals surface area (Å²) in [4.78, 5) is 14.8. The van der Waals surface area contributed by atoms with Crippen molar-refractivity contribution in [1.29, 1.82) is 0 Å². The Labute approximate surface area is 224 Å². The Bertz CT molecular complexity index is 1210. The van der Waals surface area contributed by atoms with E-state index in [4.69, 9.17) is 14.6 Å². The van der Waals surface area contributed by atoms with E-state index < -0.39 is 17.6 Å². The maximum absolute atomic E-state index is 14.8. The van der Waals surface area contributed by atoms with Crippen molar-refractivity contribution in [2.75, 3.05) is 7.11 Å². The van der Waals surface area contributed by atoms with Gasteiger partial charge >= 0.3 is 5.97 Å². The van der Waals surface area contributed by atoms with E-state index in [-0.39, 0.29) is 30.6 Å². The third-order valence-electron chi connectivity index (χ3n) is 6.14. The van der Waals surface area contributed by atoms with E-state index in [1.165, 1.54) is 13.2 Å². The van der Waals surface area contributed by atoms with Crippen LogP contribution >= 0.6 is 0 Å². The number of carbonyl (C=O) groups is 1. The van der Waals surface area contributed by atoms with Gasteiger partial charge in [0.05, 0.1) is 13.3 Å². The van der Waals surface area contributed by atoms with Crippen LogP contribution in [0.3, 0.4) is 0 Å². The van der Waals surface area contributed by atoms with Gasteiger partial charge in [-0.25, -0.2) is 13.8 Å². The van der Waals surface area contributed by atoms with Crippen LogP contribution in [0.15, 0.2) is 48.7 Å². The Balaban J connectivity index is 0.00000247. The van der Waals surface area contributed by atoms with Gasteiger partial charge in [0.25, 0.3) is 0 Å².